The van der Waals surface area contributed by atoms with E-state index in [-0.39, 0.29) is 5.72 Å². The number of ether oxygens (including phenoxy) is 2. The molecule has 2 saturated heterocycles. The van der Waals surface area contributed by atoms with Crippen molar-refractivity contribution in [2.75, 3.05) is 19.8 Å². The maximum Gasteiger partial charge on any atom is 0.117 e. The third-order valence-electron chi connectivity index (χ3n) is 3.24. The second kappa shape index (κ2) is 4.17. The summed E-state index contributed by atoms with van der Waals surface area (Å²) in [6.45, 7) is 7.14. The summed E-state index contributed by atoms with van der Waals surface area (Å²) in [5.41, 5.74) is -0.0819. The van der Waals surface area contributed by atoms with Crippen LogP contribution >= 0.6 is 0 Å². The molecule has 2 unspecified atom stereocenters. The summed E-state index contributed by atoms with van der Waals surface area (Å²) < 4.78 is 11.3. The molecule has 2 aliphatic rings. The summed E-state index contributed by atoms with van der Waals surface area (Å²) in [5, 5.41) is 3.47. The Labute approximate surface area is 86.2 Å². The normalized spacial score (nSPS) is 40.3. The lowest BCUT2D eigenvalue weighted by molar-refractivity contribution is -0.0572. The standard InChI is InChI=1S/C11H21NO2/c1-9-8-12-11(2,14-9)7-10-3-5-13-6-4-10/h9-10,12H,3-8H2,1-2H3. The van der Waals surface area contributed by atoms with E-state index < -0.39 is 0 Å². The monoisotopic (exact) mass is 199 g/mol. The maximum atomic E-state index is 5.90. The molecule has 0 saturated carbocycles. The quantitative estimate of drug-likeness (QED) is 0.731. The Morgan fingerprint density at radius 1 is 1.36 bits per heavy atom. The van der Waals surface area contributed by atoms with Gasteiger partial charge in [0.05, 0.1) is 6.10 Å². The lowest BCUT2D eigenvalue weighted by atomic mass is 9.91. The van der Waals surface area contributed by atoms with Gasteiger partial charge in [0.1, 0.15) is 5.72 Å². The van der Waals surface area contributed by atoms with Gasteiger partial charge >= 0.3 is 0 Å². The highest BCUT2D eigenvalue weighted by atomic mass is 16.5. The van der Waals surface area contributed by atoms with Crippen LogP contribution in [0.2, 0.25) is 0 Å². The molecule has 0 aromatic carbocycles. The van der Waals surface area contributed by atoms with E-state index in [1.165, 1.54) is 12.8 Å². The molecule has 2 heterocycles. The fraction of sp³-hybridized carbons (Fsp3) is 1.00. The van der Waals surface area contributed by atoms with Crippen LogP contribution in [0.3, 0.4) is 0 Å². The van der Waals surface area contributed by atoms with Crippen molar-refractivity contribution in [3.8, 4) is 0 Å². The van der Waals surface area contributed by atoms with Gasteiger partial charge in [0.25, 0.3) is 0 Å². The van der Waals surface area contributed by atoms with Crippen molar-refractivity contribution in [3.05, 3.63) is 0 Å². The number of rotatable bonds is 2. The minimum Gasteiger partial charge on any atom is -0.381 e. The van der Waals surface area contributed by atoms with Crippen molar-refractivity contribution >= 4 is 0 Å². The highest BCUT2D eigenvalue weighted by Gasteiger charge is 2.35. The third kappa shape index (κ3) is 2.47. The number of nitrogens with one attached hydrogen (secondary N) is 1. The van der Waals surface area contributed by atoms with E-state index in [9.17, 15) is 0 Å². The first-order valence-corrected chi connectivity index (χ1v) is 5.68. The predicted octanol–water partition coefficient (Wildman–Crippen LogP) is 1.53. The van der Waals surface area contributed by atoms with Crippen molar-refractivity contribution in [2.45, 2.75) is 44.9 Å². The summed E-state index contributed by atoms with van der Waals surface area (Å²) in [4.78, 5) is 0. The van der Waals surface area contributed by atoms with Crippen LogP contribution in [0.4, 0.5) is 0 Å². The predicted molar refractivity (Wildman–Crippen MR) is 55.1 cm³/mol. The van der Waals surface area contributed by atoms with E-state index in [4.69, 9.17) is 9.47 Å². The van der Waals surface area contributed by atoms with Gasteiger partial charge in [-0.15, -0.1) is 0 Å². The van der Waals surface area contributed by atoms with Crippen molar-refractivity contribution in [1.82, 2.24) is 5.32 Å². The molecule has 0 aromatic rings. The van der Waals surface area contributed by atoms with Gasteiger partial charge in [-0.3, -0.25) is 5.32 Å². The molecule has 2 atom stereocenters. The zero-order chi connectivity index (χ0) is 10.0. The number of hydrogen-bond acceptors (Lipinski definition) is 3. The molecular formula is C11H21NO2. The molecule has 0 aliphatic carbocycles. The maximum absolute atomic E-state index is 5.90. The minimum absolute atomic E-state index is 0.0819. The minimum atomic E-state index is -0.0819. The van der Waals surface area contributed by atoms with Gasteiger partial charge < -0.3 is 9.47 Å². The molecule has 2 aliphatic heterocycles. The largest absolute Gasteiger partial charge is 0.381 e. The molecule has 0 spiro atoms. The van der Waals surface area contributed by atoms with Crippen LogP contribution in [0.25, 0.3) is 0 Å². The molecule has 0 bridgehead atoms. The third-order valence-corrected chi connectivity index (χ3v) is 3.24. The highest BCUT2D eigenvalue weighted by Crippen LogP contribution is 2.29. The molecule has 0 amide bonds. The summed E-state index contributed by atoms with van der Waals surface area (Å²) in [7, 11) is 0. The topological polar surface area (TPSA) is 30.5 Å². The van der Waals surface area contributed by atoms with E-state index in [1.54, 1.807) is 0 Å². The van der Waals surface area contributed by atoms with Crippen LogP contribution < -0.4 is 5.32 Å². The van der Waals surface area contributed by atoms with Gasteiger partial charge in [-0.1, -0.05) is 0 Å². The Kier molecular flexibility index (Phi) is 3.10. The highest BCUT2D eigenvalue weighted by molar-refractivity contribution is 4.84. The fourth-order valence-electron chi connectivity index (χ4n) is 2.51. The smallest absolute Gasteiger partial charge is 0.117 e. The van der Waals surface area contributed by atoms with Crippen LogP contribution in [0.1, 0.15) is 33.1 Å². The van der Waals surface area contributed by atoms with Crippen LogP contribution in [-0.4, -0.2) is 31.6 Å². The molecule has 82 valence electrons. The Morgan fingerprint density at radius 2 is 2.07 bits per heavy atom. The SMILES string of the molecule is CC1CNC(C)(CC2CCOCC2)O1. The first-order valence-electron chi connectivity index (χ1n) is 5.68. The van der Waals surface area contributed by atoms with Crippen molar-refractivity contribution in [1.29, 1.82) is 0 Å². The molecule has 2 rings (SSSR count). The average Bonchev–Trinajstić information content (AvgIpc) is 2.47. The molecule has 0 radical (unpaired) electrons. The van der Waals surface area contributed by atoms with Gasteiger partial charge in [-0.2, -0.15) is 0 Å². The van der Waals surface area contributed by atoms with Crippen LogP contribution in [0.5, 0.6) is 0 Å². The molecule has 1 N–H and O–H groups in total. The van der Waals surface area contributed by atoms with Gasteiger partial charge in [-0.25, -0.2) is 0 Å². The van der Waals surface area contributed by atoms with Crippen molar-refractivity contribution in [2.24, 2.45) is 5.92 Å². The second-order valence-electron chi connectivity index (χ2n) is 4.80. The lowest BCUT2D eigenvalue weighted by Gasteiger charge is -2.31. The molecular weight excluding hydrogens is 178 g/mol. The molecule has 3 nitrogen and oxygen atoms in total. The average molecular weight is 199 g/mol. The molecule has 2 fully saturated rings. The van der Waals surface area contributed by atoms with E-state index in [0.717, 1.165) is 32.1 Å². The van der Waals surface area contributed by atoms with E-state index in [0.29, 0.717) is 6.10 Å². The Bertz CT molecular complexity index is 192. The van der Waals surface area contributed by atoms with Crippen LogP contribution in [0.15, 0.2) is 0 Å². The summed E-state index contributed by atoms with van der Waals surface area (Å²) in [6.07, 6.45) is 3.87. The Morgan fingerprint density at radius 3 is 2.64 bits per heavy atom. The van der Waals surface area contributed by atoms with Gasteiger partial charge in [0, 0.05) is 19.8 Å². The zero-order valence-corrected chi connectivity index (χ0v) is 9.21. The summed E-state index contributed by atoms with van der Waals surface area (Å²) in [6, 6.07) is 0. The van der Waals surface area contributed by atoms with Gasteiger partial charge in [-0.05, 0) is 39.0 Å². The van der Waals surface area contributed by atoms with Gasteiger partial charge in [0.2, 0.25) is 0 Å². The molecule has 0 aromatic heterocycles. The Balaban J connectivity index is 1.83. The first-order chi connectivity index (χ1) is 6.68. The molecule has 3 heteroatoms. The van der Waals surface area contributed by atoms with Crippen molar-refractivity contribution < 1.29 is 9.47 Å². The lowest BCUT2D eigenvalue weighted by Crippen LogP contribution is -2.40. The van der Waals surface area contributed by atoms with Gasteiger partial charge in [0.15, 0.2) is 0 Å². The van der Waals surface area contributed by atoms with Crippen LogP contribution in [-0.2, 0) is 9.47 Å². The fourth-order valence-corrected chi connectivity index (χ4v) is 2.51. The summed E-state index contributed by atoms with van der Waals surface area (Å²) in [5.74, 6) is 0.770. The van der Waals surface area contributed by atoms with E-state index in [2.05, 4.69) is 19.2 Å². The van der Waals surface area contributed by atoms with Crippen molar-refractivity contribution in [3.63, 3.8) is 0 Å². The Hall–Kier alpha value is -0.120. The summed E-state index contributed by atoms with van der Waals surface area (Å²) >= 11 is 0. The van der Waals surface area contributed by atoms with E-state index >= 15 is 0 Å². The number of hydrogen-bond donors (Lipinski definition) is 1. The zero-order valence-electron chi connectivity index (χ0n) is 9.21. The second-order valence-corrected chi connectivity index (χ2v) is 4.80. The molecule has 14 heavy (non-hydrogen) atoms. The van der Waals surface area contributed by atoms with Crippen LogP contribution in [0, 0.1) is 5.92 Å². The van der Waals surface area contributed by atoms with E-state index in [1.807, 2.05) is 0 Å². The first kappa shape index (κ1) is 10.4.